The number of alkyl carbamates (subject to hydrolysis) is 1. The molecule has 0 unspecified atom stereocenters. The van der Waals surface area contributed by atoms with Gasteiger partial charge in [-0.25, -0.2) is 9.59 Å². The van der Waals surface area contributed by atoms with Crippen molar-refractivity contribution in [2.45, 2.75) is 124 Å². The lowest BCUT2D eigenvalue weighted by molar-refractivity contribution is -0.131. The zero-order chi connectivity index (χ0) is 46.1. The molecule has 4 N–H and O–H groups in total. The fraction of sp³-hybridized carbons (Fsp3) is 0.480. The Morgan fingerprint density at radius 2 is 1.41 bits per heavy atom. The van der Waals surface area contributed by atoms with E-state index in [-0.39, 0.29) is 30.2 Å². The van der Waals surface area contributed by atoms with Crippen molar-refractivity contribution in [3.05, 3.63) is 120 Å². The first-order valence-corrected chi connectivity index (χ1v) is 21.8. The average molecular weight is 862 g/mol. The molecule has 4 aromatic rings. The number of benzene rings is 2. The number of ether oxygens (including phenoxy) is 1. The molecule has 0 saturated carbocycles. The number of nitrogens with zero attached hydrogens (tertiary/aromatic N) is 4. The van der Waals surface area contributed by atoms with Gasteiger partial charge in [-0.05, 0) is 65.5 Å². The van der Waals surface area contributed by atoms with Gasteiger partial charge in [0.05, 0.1) is 37.2 Å². The first kappa shape index (κ1) is 48.2. The summed E-state index contributed by atoms with van der Waals surface area (Å²) in [5.74, 6) is -0.824. The molecule has 1 aliphatic rings. The van der Waals surface area contributed by atoms with E-state index < -0.39 is 53.1 Å². The maximum absolute atomic E-state index is 14.7. The summed E-state index contributed by atoms with van der Waals surface area (Å²) in [6.45, 7) is 18.7. The molecule has 0 aliphatic carbocycles. The van der Waals surface area contributed by atoms with Gasteiger partial charge in [-0.2, -0.15) is 0 Å². The van der Waals surface area contributed by atoms with Gasteiger partial charge in [0, 0.05) is 42.0 Å². The number of pyridine rings is 2. The van der Waals surface area contributed by atoms with Gasteiger partial charge < -0.3 is 35.6 Å². The average Bonchev–Trinajstić information content (AvgIpc) is 3.56. The molecule has 0 radical (unpaired) electrons. The normalized spacial score (nSPS) is 15.8. The maximum Gasteiger partial charge on any atom is 0.407 e. The molecule has 5 amide bonds. The van der Waals surface area contributed by atoms with E-state index in [2.05, 4.69) is 41.7 Å². The summed E-state index contributed by atoms with van der Waals surface area (Å²) in [5.41, 5.74) is 3.75. The summed E-state index contributed by atoms with van der Waals surface area (Å²) in [4.78, 5) is 68.0. The fourth-order valence-corrected chi connectivity index (χ4v) is 8.00. The highest BCUT2D eigenvalue weighted by Crippen LogP contribution is 2.30. The Labute approximate surface area is 373 Å². The lowest BCUT2D eigenvalue weighted by atomic mass is 9.84. The largest absolute Gasteiger partial charge is 0.453 e. The first-order valence-electron chi connectivity index (χ1n) is 21.8. The van der Waals surface area contributed by atoms with Crippen LogP contribution in [0.1, 0.15) is 91.2 Å². The van der Waals surface area contributed by atoms with Crippen molar-refractivity contribution >= 4 is 23.9 Å². The number of carbonyl (C=O) groups is 4. The van der Waals surface area contributed by atoms with Crippen LogP contribution < -0.4 is 16.0 Å². The Morgan fingerprint density at radius 1 is 0.746 bits per heavy atom. The van der Waals surface area contributed by atoms with Gasteiger partial charge in [-0.3, -0.25) is 19.6 Å². The minimum atomic E-state index is -1.15. The van der Waals surface area contributed by atoms with Crippen LogP contribution in [0.4, 0.5) is 9.59 Å². The van der Waals surface area contributed by atoms with Gasteiger partial charge in [0.2, 0.25) is 11.8 Å². The van der Waals surface area contributed by atoms with E-state index in [0.29, 0.717) is 26.1 Å². The zero-order valence-corrected chi connectivity index (χ0v) is 38.6. The van der Waals surface area contributed by atoms with Crippen LogP contribution in [0.3, 0.4) is 0 Å². The second kappa shape index (κ2) is 20.6. The quantitative estimate of drug-likeness (QED) is 0.0929. The molecule has 5 atom stereocenters. The second-order valence-corrected chi connectivity index (χ2v) is 19.8. The third-order valence-electron chi connectivity index (χ3n) is 11.4. The highest BCUT2D eigenvalue weighted by molar-refractivity contribution is 5.89. The maximum atomic E-state index is 14.7. The Balaban J connectivity index is 1.41. The molecule has 1 aliphatic heterocycles. The van der Waals surface area contributed by atoms with E-state index in [1.807, 2.05) is 133 Å². The minimum Gasteiger partial charge on any atom is -0.453 e. The molecule has 0 bridgehead atoms. The van der Waals surface area contributed by atoms with E-state index in [4.69, 9.17) is 9.72 Å². The number of aromatic nitrogens is 2. The van der Waals surface area contributed by atoms with Crippen molar-refractivity contribution < 1.29 is 29.0 Å². The molecular weight excluding hydrogens is 795 g/mol. The van der Waals surface area contributed by atoms with Gasteiger partial charge in [0.15, 0.2) is 0 Å². The molecule has 338 valence electrons. The molecule has 0 spiro atoms. The highest BCUT2D eigenvalue weighted by Gasteiger charge is 2.44. The van der Waals surface area contributed by atoms with Crippen molar-refractivity contribution in [2.75, 3.05) is 20.2 Å². The predicted molar refractivity (Wildman–Crippen MR) is 245 cm³/mol. The molecular formula is C50H67N7O6. The van der Waals surface area contributed by atoms with Crippen LogP contribution in [0.25, 0.3) is 11.3 Å². The first-order chi connectivity index (χ1) is 29.6. The lowest BCUT2D eigenvalue weighted by Gasteiger charge is -2.38. The number of hydrogen-bond acceptors (Lipinski definition) is 8. The van der Waals surface area contributed by atoms with Crippen molar-refractivity contribution in [3.8, 4) is 11.3 Å². The summed E-state index contributed by atoms with van der Waals surface area (Å²) >= 11 is 0. The standard InChI is InChI=1S/C50H67N7O6/c1-48(2,3)41-21-16-19-36(52-41)32-56-27-28-57(47(56)62)43(50(7,8)9)45(60)54-39(30-33-17-12-11-13-18-33)40(58)31-37(53-44(59)42(49(4,5)6)55-46(61)63-10)29-34-22-24-35(25-23-34)38-20-14-15-26-51-38/h11-26,37,39-40,42-43,58H,27-32H2,1-10H3,(H,53,59)(H,54,60)(H,55,61)/t37-,39-,40-,42+,43+/m0/s1. The topological polar surface area (TPSA) is 166 Å². The van der Waals surface area contributed by atoms with E-state index in [9.17, 15) is 24.3 Å². The third kappa shape index (κ3) is 13.3. The third-order valence-corrected chi connectivity index (χ3v) is 11.4. The fourth-order valence-electron chi connectivity index (χ4n) is 8.00. The number of aliphatic hydroxyl groups excluding tert-OH is 1. The number of rotatable bonds is 16. The molecule has 63 heavy (non-hydrogen) atoms. The summed E-state index contributed by atoms with van der Waals surface area (Å²) in [6, 6.07) is 25.5. The molecule has 5 rings (SSSR count). The lowest BCUT2D eigenvalue weighted by Crippen LogP contribution is -2.59. The van der Waals surface area contributed by atoms with Crippen LogP contribution in [-0.2, 0) is 39.1 Å². The van der Waals surface area contributed by atoms with Gasteiger partial charge in [0.1, 0.15) is 12.1 Å². The van der Waals surface area contributed by atoms with E-state index >= 15 is 0 Å². The smallest absolute Gasteiger partial charge is 0.407 e. The van der Waals surface area contributed by atoms with Crippen LogP contribution in [0.2, 0.25) is 0 Å². The number of urea groups is 1. The molecule has 3 heterocycles. The Morgan fingerprint density at radius 3 is 2.02 bits per heavy atom. The molecule has 1 saturated heterocycles. The monoisotopic (exact) mass is 862 g/mol. The number of methoxy groups -OCH3 is 1. The van der Waals surface area contributed by atoms with Crippen LogP contribution in [0.5, 0.6) is 0 Å². The summed E-state index contributed by atoms with van der Waals surface area (Å²) < 4.78 is 4.85. The number of carbonyl (C=O) groups excluding carboxylic acids is 4. The van der Waals surface area contributed by atoms with Gasteiger partial charge >= 0.3 is 12.1 Å². The molecule has 13 nitrogen and oxygen atoms in total. The Bertz CT molecular complexity index is 2150. The zero-order valence-electron chi connectivity index (χ0n) is 38.6. The number of hydrogen-bond donors (Lipinski definition) is 4. The molecule has 1 fully saturated rings. The molecule has 2 aromatic heterocycles. The summed E-state index contributed by atoms with van der Waals surface area (Å²) in [5, 5.41) is 21.3. The molecule has 13 heteroatoms. The van der Waals surface area contributed by atoms with Gasteiger partial charge in [-0.15, -0.1) is 0 Å². The predicted octanol–water partition coefficient (Wildman–Crippen LogP) is 7.07. The number of aliphatic hydroxyl groups is 1. The highest BCUT2D eigenvalue weighted by atomic mass is 16.5. The Hall–Kier alpha value is -5.82. The van der Waals surface area contributed by atoms with Crippen LogP contribution in [0.15, 0.2) is 97.2 Å². The van der Waals surface area contributed by atoms with E-state index in [1.165, 1.54) is 7.11 Å². The molecule has 2 aromatic carbocycles. The van der Waals surface area contributed by atoms with Crippen molar-refractivity contribution in [2.24, 2.45) is 10.8 Å². The van der Waals surface area contributed by atoms with Crippen molar-refractivity contribution in [1.29, 1.82) is 0 Å². The van der Waals surface area contributed by atoms with Crippen LogP contribution in [0, 0.1) is 10.8 Å². The number of nitrogens with one attached hydrogen (secondary N) is 3. The minimum absolute atomic E-state index is 0.0534. The van der Waals surface area contributed by atoms with Crippen LogP contribution >= 0.6 is 0 Å². The summed E-state index contributed by atoms with van der Waals surface area (Å²) in [6.07, 6.45) is 0.523. The van der Waals surface area contributed by atoms with E-state index in [1.54, 1.807) is 16.0 Å². The second-order valence-electron chi connectivity index (χ2n) is 19.8. The number of amides is 5. The van der Waals surface area contributed by atoms with Crippen LogP contribution in [-0.4, -0.2) is 99.3 Å². The summed E-state index contributed by atoms with van der Waals surface area (Å²) in [7, 11) is 1.24. The van der Waals surface area contributed by atoms with Gasteiger partial charge in [-0.1, -0.05) is 129 Å². The SMILES string of the molecule is COC(=O)N[C@H](C(=O)N[C@@H](Cc1ccc(-c2ccccn2)cc1)C[C@H](O)[C@H](Cc1ccccc1)NC(=O)[C@@H](N1CCN(Cc2cccc(C(C)(C)C)n2)C1=O)C(C)(C)C)C(C)(C)C. The Kier molecular flexibility index (Phi) is 15.7. The van der Waals surface area contributed by atoms with Gasteiger partial charge in [0.25, 0.3) is 0 Å². The van der Waals surface area contributed by atoms with Crippen molar-refractivity contribution in [1.82, 2.24) is 35.7 Å². The van der Waals surface area contributed by atoms with E-state index in [0.717, 1.165) is 33.8 Å². The van der Waals surface area contributed by atoms with Crippen molar-refractivity contribution in [3.63, 3.8) is 0 Å².